The standard InChI is InChI=1S/C20H23N5O/c1-14-6-8-15(9-7-14)11-18(26)23-20-19(16-12-21-24(2)13-16)22-17-5-3-4-10-25(17)20/h6-9,12-13H,3-5,10-11H2,1-2H3,(H,23,26). The summed E-state index contributed by atoms with van der Waals surface area (Å²) in [5.41, 5.74) is 3.94. The Labute approximate surface area is 152 Å². The second-order valence-electron chi connectivity index (χ2n) is 6.95. The molecule has 1 aromatic carbocycles. The highest BCUT2D eigenvalue weighted by atomic mass is 16.1. The Hall–Kier alpha value is -2.89. The van der Waals surface area contributed by atoms with Gasteiger partial charge in [-0.1, -0.05) is 29.8 Å². The first-order chi connectivity index (χ1) is 12.6. The molecule has 0 radical (unpaired) electrons. The molecule has 0 unspecified atom stereocenters. The quantitative estimate of drug-likeness (QED) is 0.787. The van der Waals surface area contributed by atoms with Gasteiger partial charge in [0.15, 0.2) is 0 Å². The summed E-state index contributed by atoms with van der Waals surface area (Å²) in [6.45, 7) is 2.94. The molecule has 3 aromatic rings. The lowest BCUT2D eigenvalue weighted by Gasteiger charge is -2.17. The lowest BCUT2D eigenvalue weighted by Crippen LogP contribution is -2.20. The lowest BCUT2D eigenvalue weighted by atomic mass is 10.1. The molecule has 3 heterocycles. The van der Waals surface area contributed by atoms with E-state index >= 15 is 0 Å². The van der Waals surface area contributed by atoms with Gasteiger partial charge in [-0.3, -0.25) is 9.48 Å². The average molecular weight is 349 g/mol. The number of hydrogen-bond acceptors (Lipinski definition) is 3. The van der Waals surface area contributed by atoms with Gasteiger partial charge < -0.3 is 9.88 Å². The zero-order chi connectivity index (χ0) is 18.1. The van der Waals surface area contributed by atoms with Crippen LogP contribution < -0.4 is 5.32 Å². The van der Waals surface area contributed by atoms with Gasteiger partial charge in [0.05, 0.1) is 12.6 Å². The molecule has 6 heteroatoms. The van der Waals surface area contributed by atoms with Gasteiger partial charge in [-0.05, 0) is 25.3 Å². The number of amides is 1. The van der Waals surface area contributed by atoms with Gasteiger partial charge in [-0.2, -0.15) is 5.10 Å². The Balaban J connectivity index is 1.63. The second-order valence-corrected chi connectivity index (χ2v) is 6.95. The van der Waals surface area contributed by atoms with Crippen LogP contribution in [-0.2, 0) is 31.2 Å². The largest absolute Gasteiger partial charge is 0.314 e. The monoisotopic (exact) mass is 349 g/mol. The Kier molecular flexibility index (Phi) is 4.32. The Morgan fingerprint density at radius 3 is 2.77 bits per heavy atom. The van der Waals surface area contributed by atoms with E-state index in [4.69, 9.17) is 4.98 Å². The number of aromatic nitrogens is 4. The average Bonchev–Trinajstić information content (AvgIpc) is 3.21. The third-order valence-electron chi connectivity index (χ3n) is 4.80. The summed E-state index contributed by atoms with van der Waals surface area (Å²) in [4.78, 5) is 17.5. The molecule has 26 heavy (non-hydrogen) atoms. The smallest absolute Gasteiger partial charge is 0.229 e. The fourth-order valence-electron chi connectivity index (χ4n) is 3.42. The molecule has 6 nitrogen and oxygen atoms in total. The van der Waals surface area contributed by atoms with Gasteiger partial charge in [0, 0.05) is 31.8 Å². The van der Waals surface area contributed by atoms with Crippen LogP contribution in [0, 0.1) is 6.92 Å². The molecule has 1 aliphatic heterocycles. The molecule has 0 fully saturated rings. The van der Waals surface area contributed by atoms with Crippen LogP contribution in [0.4, 0.5) is 5.82 Å². The minimum Gasteiger partial charge on any atom is -0.314 e. The molecule has 0 spiro atoms. The molecule has 1 N–H and O–H groups in total. The second kappa shape index (κ2) is 6.78. The Bertz CT molecular complexity index is 936. The molecular weight excluding hydrogens is 326 g/mol. The first kappa shape index (κ1) is 16.6. The molecule has 2 aromatic heterocycles. The van der Waals surface area contributed by atoms with Crippen molar-refractivity contribution in [3.05, 3.63) is 53.6 Å². The minimum absolute atomic E-state index is 0.0210. The number of aryl methyl sites for hydroxylation is 3. The number of hydrogen-bond donors (Lipinski definition) is 1. The minimum atomic E-state index is -0.0210. The van der Waals surface area contributed by atoms with Gasteiger partial charge in [0.1, 0.15) is 17.3 Å². The van der Waals surface area contributed by atoms with E-state index in [1.807, 2.05) is 44.4 Å². The number of fused-ring (bicyclic) bond motifs is 1. The van der Waals surface area contributed by atoms with E-state index in [1.165, 1.54) is 5.56 Å². The number of nitrogens with zero attached hydrogens (tertiary/aromatic N) is 4. The molecule has 134 valence electrons. The number of carbonyl (C=O) groups excluding carboxylic acids is 1. The summed E-state index contributed by atoms with van der Waals surface area (Å²) in [7, 11) is 1.88. The van der Waals surface area contributed by atoms with E-state index in [0.717, 1.165) is 54.3 Å². The maximum atomic E-state index is 12.7. The van der Waals surface area contributed by atoms with Crippen LogP contribution >= 0.6 is 0 Å². The molecule has 1 aliphatic rings. The Morgan fingerprint density at radius 1 is 1.23 bits per heavy atom. The van der Waals surface area contributed by atoms with E-state index in [9.17, 15) is 4.79 Å². The Morgan fingerprint density at radius 2 is 2.04 bits per heavy atom. The lowest BCUT2D eigenvalue weighted by molar-refractivity contribution is -0.115. The van der Waals surface area contributed by atoms with Crippen molar-refractivity contribution in [1.29, 1.82) is 0 Å². The van der Waals surface area contributed by atoms with E-state index < -0.39 is 0 Å². The fraction of sp³-hybridized carbons (Fsp3) is 0.350. The van der Waals surface area contributed by atoms with Crippen molar-refractivity contribution < 1.29 is 4.79 Å². The number of benzene rings is 1. The van der Waals surface area contributed by atoms with Gasteiger partial charge in [0.25, 0.3) is 0 Å². The molecule has 0 bridgehead atoms. The van der Waals surface area contributed by atoms with Gasteiger partial charge in [-0.25, -0.2) is 4.98 Å². The summed E-state index contributed by atoms with van der Waals surface area (Å²) in [5, 5.41) is 7.36. The molecule has 0 aliphatic carbocycles. The van der Waals surface area contributed by atoms with Crippen molar-refractivity contribution in [2.45, 2.75) is 39.2 Å². The summed E-state index contributed by atoms with van der Waals surface area (Å²) in [6, 6.07) is 8.07. The molecule has 0 saturated heterocycles. The zero-order valence-electron chi connectivity index (χ0n) is 15.2. The highest BCUT2D eigenvalue weighted by Crippen LogP contribution is 2.31. The summed E-state index contributed by atoms with van der Waals surface area (Å²) in [6.07, 6.45) is 7.28. The predicted molar refractivity (Wildman–Crippen MR) is 101 cm³/mol. The molecule has 0 atom stereocenters. The summed E-state index contributed by atoms with van der Waals surface area (Å²) in [5.74, 6) is 1.82. The van der Waals surface area contributed by atoms with Crippen LogP contribution in [0.15, 0.2) is 36.7 Å². The van der Waals surface area contributed by atoms with Crippen molar-refractivity contribution >= 4 is 11.7 Å². The van der Waals surface area contributed by atoms with Crippen LogP contribution in [0.1, 0.15) is 29.8 Å². The number of imidazole rings is 1. The topological polar surface area (TPSA) is 64.7 Å². The highest BCUT2D eigenvalue weighted by molar-refractivity contribution is 5.95. The predicted octanol–water partition coefficient (Wildman–Crippen LogP) is 3.11. The summed E-state index contributed by atoms with van der Waals surface area (Å²) < 4.78 is 3.91. The van der Waals surface area contributed by atoms with Crippen LogP contribution in [0.2, 0.25) is 0 Å². The van der Waals surface area contributed by atoms with Gasteiger partial charge >= 0.3 is 0 Å². The number of rotatable bonds is 4. The normalized spacial score (nSPS) is 13.5. The molecule has 0 saturated carbocycles. The third-order valence-corrected chi connectivity index (χ3v) is 4.80. The van der Waals surface area contributed by atoms with Crippen LogP contribution in [-0.4, -0.2) is 25.2 Å². The van der Waals surface area contributed by atoms with Crippen molar-refractivity contribution in [2.24, 2.45) is 7.05 Å². The van der Waals surface area contributed by atoms with E-state index in [-0.39, 0.29) is 5.91 Å². The molecular formula is C20H23N5O. The molecule has 4 rings (SSSR count). The number of carbonyl (C=O) groups is 1. The fourth-order valence-corrected chi connectivity index (χ4v) is 3.42. The van der Waals surface area contributed by atoms with Crippen LogP contribution in [0.3, 0.4) is 0 Å². The van der Waals surface area contributed by atoms with Crippen LogP contribution in [0.5, 0.6) is 0 Å². The van der Waals surface area contributed by atoms with Crippen molar-refractivity contribution in [2.75, 3.05) is 5.32 Å². The van der Waals surface area contributed by atoms with Gasteiger partial charge in [-0.15, -0.1) is 0 Å². The van der Waals surface area contributed by atoms with Crippen molar-refractivity contribution in [3.63, 3.8) is 0 Å². The van der Waals surface area contributed by atoms with Crippen molar-refractivity contribution in [3.8, 4) is 11.3 Å². The maximum absolute atomic E-state index is 12.7. The zero-order valence-corrected chi connectivity index (χ0v) is 15.2. The first-order valence-electron chi connectivity index (χ1n) is 9.04. The highest BCUT2D eigenvalue weighted by Gasteiger charge is 2.23. The maximum Gasteiger partial charge on any atom is 0.229 e. The molecule has 1 amide bonds. The SMILES string of the molecule is Cc1ccc(CC(=O)Nc2c(-c3cnn(C)c3)nc3n2CCCC3)cc1. The van der Waals surface area contributed by atoms with Gasteiger partial charge in [0.2, 0.25) is 5.91 Å². The van der Waals surface area contributed by atoms with E-state index in [0.29, 0.717) is 6.42 Å². The van der Waals surface area contributed by atoms with Crippen LogP contribution in [0.25, 0.3) is 11.3 Å². The first-order valence-corrected chi connectivity index (χ1v) is 9.04. The van der Waals surface area contributed by atoms with E-state index in [2.05, 4.69) is 15.0 Å². The van der Waals surface area contributed by atoms with Crippen molar-refractivity contribution in [1.82, 2.24) is 19.3 Å². The number of anilines is 1. The van der Waals surface area contributed by atoms with E-state index in [1.54, 1.807) is 10.9 Å². The summed E-state index contributed by atoms with van der Waals surface area (Å²) >= 11 is 0. The third kappa shape index (κ3) is 3.27. The number of nitrogens with one attached hydrogen (secondary N) is 1.